The summed E-state index contributed by atoms with van der Waals surface area (Å²) in [5.74, 6) is 1.10. The van der Waals surface area contributed by atoms with Crippen LogP contribution in [0.15, 0.2) is 82.2 Å². The number of hydrogen-bond donors (Lipinski definition) is 1. The lowest BCUT2D eigenvalue weighted by Crippen LogP contribution is -2.21. The van der Waals surface area contributed by atoms with Gasteiger partial charge in [0.15, 0.2) is 0 Å². The van der Waals surface area contributed by atoms with Crippen molar-refractivity contribution in [3.63, 3.8) is 0 Å². The zero-order valence-corrected chi connectivity index (χ0v) is 17.7. The highest BCUT2D eigenvalue weighted by Crippen LogP contribution is 2.28. The van der Waals surface area contributed by atoms with Crippen LogP contribution in [0.1, 0.15) is 15.9 Å². The number of benzene rings is 3. The predicted octanol–water partition coefficient (Wildman–Crippen LogP) is 4.36. The SMILES string of the molecule is COc1cc(N=c2oc3cc(OCc4ccccc4)ccc3cc2C(N)=O)cc(OC)c1. The van der Waals surface area contributed by atoms with Gasteiger partial charge in [0.05, 0.1) is 19.9 Å². The average molecular weight is 430 g/mol. The molecule has 0 bridgehead atoms. The van der Waals surface area contributed by atoms with Crippen molar-refractivity contribution in [1.29, 1.82) is 0 Å². The second kappa shape index (κ2) is 9.26. The Balaban J connectivity index is 1.76. The minimum atomic E-state index is -0.645. The van der Waals surface area contributed by atoms with Gasteiger partial charge in [0.2, 0.25) is 5.55 Å². The van der Waals surface area contributed by atoms with Gasteiger partial charge in [-0.05, 0) is 23.8 Å². The van der Waals surface area contributed by atoms with Crippen LogP contribution in [-0.2, 0) is 6.61 Å². The van der Waals surface area contributed by atoms with Gasteiger partial charge >= 0.3 is 0 Å². The summed E-state index contributed by atoms with van der Waals surface area (Å²) in [5, 5.41) is 0.702. The fraction of sp³-hybridized carbons (Fsp3) is 0.120. The molecule has 4 rings (SSSR count). The predicted molar refractivity (Wildman–Crippen MR) is 120 cm³/mol. The van der Waals surface area contributed by atoms with Crippen LogP contribution in [0.25, 0.3) is 11.0 Å². The number of methoxy groups -OCH3 is 2. The van der Waals surface area contributed by atoms with E-state index in [2.05, 4.69) is 4.99 Å². The van der Waals surface area contributed by atoms with E-state index >= 15 is 0 Å². The van der Waals surface area contributed by atoms with E-state index < -0.39 is 5.91 Å². The minimum absolute atomic E-state index is 0.0838. The molecule has 0 unspecified atom stereocenters. The average Bonchev–Trinajstić information content (AvgIpc) is 2.82. The summed E-state index contributed by atoms with van der Waals surface area (Å²) in [4.78, 5) is 16.5. The van der Waals surface area contributed by atoms with E-state index in [-0.39, 0.29) is 11.1 Å². The molecule has 2 N–H and O–H groups in total. The third-order valence-electron chi connectivity index (χ3n) is 4.80. The lowest BCUT2D eigenvalue weighted by molar-refractivity contribution is 0.0996. The van der Waals surface area contributed by atoms with Crippen LogP contribution in [0.3, 0.4) is 0 Å². The van der Waals surface area contributed by atoms with E-state index in [1.165, 1.54) is 0 Å². The second-order valence-electron chi connectivity index (χ2n) is 6.99. The highest BCUT2D eigenvalue weighted by atomic mass is 16.5. The van der Waals surface area contributed by atoms with Crippen LogP contribution in [-0.4, -0.2) is 20.1 Å². The Hall–Kier alpha value is -4.26. The molecule has 0 aliphatic rings. The number of primary amides is 1. The van der Waals surface area contributed by atoms with Crippen LogP contribution < -0.4 is 25.5 Å². The monoisotopic (exact) mass is 430 g/mol. The number of fused-ring (bicyclic) bond motifs is 1. The van der Waals surface area contributed by atoms with Crippen molar-refractivity contribution in [2.75, 3.05) is 14.2 Å². The summed E-state index contributed by atoms with van der Waals surface area (Å²) in [6, 6.07) is 22.0. The molecule has 0 aliphatic carbocycles. The van der Waals surface area contributed by atoms with E-state index in [0.717, 1.165) is 5.56 Å². The first-order valence-electron chi connectivity index (χ1n) is 9.88. The van der Waals surface area contributed by atoms with E-state index in [9.17, 15) is 4.79 Å². The number of carbonyl (C=O) groups is 1. The molecule has 0 saturated heterocycles. The van der Waals surface area contributed by atoms with Crippen molar-refractivity contribution in [2.24, 2.45) is 10.7 Å². The summed E-state index contributed by atoms with van der Waals surface area (Å²) in [6.45, 7) is 0.423. The molecule has 1 aromatic heterocycles. The van der Waals surface area contributed by atoms with E-state index in [4.69, 9.17) is 24.4 Å². The van der Waals surface area contributed by atoms with Gasteiger partial charge in [-0.2, -0.15) is 0 Å². The van der Waals surface area contributed by atoms with Crippen molar-refractivity contribution in [2.45, 2.75) is 6.61 Å². The van der Waals surface area contributed by atoms with Gasteiger partial charge < -0.3 is 24.4 Å². The highest BCUT2D eigenvalue weighted by molar-refractivity contribution is 5.95. The molecule has 7 heteroatoms. The van der Waals surface area contributed by atoms with Gasteiger partial charge in [0.1, 0.15) is 35.0 Å². The van der Waals surface area contributed by atoms with Crippen LogP contribution in [0, 0.1) is 0 Å². The molecule has 0 radical (unpaired) electrons. The normalized spacial score (nSPS) is 11.4. The Labute approximate surface area is 184 Å². The molecule has 0 atom stereocenters. The lowest BCUT2D eigenvalue weighted by Gasteiger charge is -2.08. The Kier molecular flexibility index (Phi) is 6.07. The molecular weight excluding hydrogens is 408 g/mol. The maximum atomic E-state index is 12.1. The smallest absolute Gasteiger partial charge is 0.254 e. The largest absolute Gasteiger partial charge is 0.497 e. The first kappa shape index (κ1) is 21.0. The second-order valence-corrected chi connectivity index (χ2v) is 6.99. The highest BCUT2D eigenvalue weighted by Gasteiger charge is 2.11. The van der Waals surface area contributed by atoms with Crippen LogP contribution >= 0.6 is 0 Å². The van der Waals surface area contributed by atoms with Crippen molar-refractivity contribution < 1.29 is 23.4 Å². The Morgan fingerprint density at radius 1 is 0.906 bits per heavy atom. The number of ether oxygens (including phenoxy) is 3. The van der Waals surface area contributed by atoms with Crippen molar-refractivity contribution in [3.05, 3.63) is 89.5 Å². The summed E-state index contributed by atoms with van der Waals surface area (Å²) in [6.07, 6.45) is 0. The summed E-state index contributed by atoms with van der Waals surface area (Å²) >= 11 is 0. The number of carbonyl (C=O) groups excluding carboxylic acids is 1. The number of hydrogen-bond acceptors (Lipinski definition) is 6. The third kappa shape index (κ3) is 4.73. The number of rotatable bonds is 7. The lowest BCUT2D eigenvalue weighted by atomic mass is 10.1. The molecule has 7 nitrogen and oxygen atoms in total. The van der Waals surface area contributed by atoms with Gasteiger partial charge in [0.25, 0.3) is 5.91 Å². The summed E-state index contributed by atoms with van der Waals surface area (Å²) < 4.78 is 22.4. The van der Waals surface area contributed by atoms with Gasteiger partial charge in [0, 0.05) is 29.7 Å². The maximum absolute atomic E-state index is 12.1. The molecule has 3 aromatic carbocycles. The molecule has 0 spiro atoms. The number of amides is 1. The van der Waals surface area contributed by atoms with Crippen LogP contribution in [0.2, 0.25) is 0 Å². The zero-order chi connectivity index (χ0) is 22.5. The van der Waals surface area contributed by atoms with Gasteiger partial charge in [-0.25, -0.2) is 4.99 Å². The standard InChI is InChI=1S/C25H22N2O5/c1-29-20-11-18(12-21(13-20)30-2)27-25-22(24(26)28)10-17-8-9-19(14-23(17)32-25)31-15-16-6-4-3-5-7-16/h3-14H,15H2,1-2H3,(H2,26,28). The topological polar surface area (TPSA) is 96.3 Å². The Bertz CT molecular complexity index is 1310. The summed E-state index contributed by atoms with van der Waals surface area (Å²) in [7, 11) is 3.09. The van der Waals surface area contributed by atoms with Gasteiger partial charge in [-0.3, -0.25) is 4.79 Å². The summed E-state index contributed by atoms with van der Waals surface area (Å²) in [5.41, 5.74) is 7.88. The fourth-order valence-corrected chi connectivity index (χ4v) is 3.16. The van der Waals surface area contributed by atoms with E-state index in [1.807, 2.05) is 42.5 Å². The van der Waals surface area contributed by atoms with Gasteiger partial charge in [-0.15, -0.1) is 0 Å². The number of nitrogens with zero attached hydrogens (tertiary/aromatic N) is 1. The quantitative estimate of drug-likeness (QED) is 0.470. The third-order valence-corrected chi connectivity index (χ3v) is 4.80. The fourth-order valence-electron chi connectivity index (χ4n) is 3.16. The molecule has 1 amide bonds. The number of nitrogens with two attached hydrogens (primary N) is 1. The molecule has 32 heavy (non-hydrogen) atoms. The minimum Gasteiger partial charge on any atom is -0.497 e. The first-order chi connectivity index (χ1) is 15.6. The zero-order valence-electron chi connectivity index (χ0n) is 17.7. The Morgan fingerprint density at radius 3 is 2.28 bits per heavy atom. The molecule has 0 fully saturated rings. The maximum Gasteiger partial charge on any atom is 0.254 e. The van der Waals surface area contributed by atoms with Crippen molar-refractivity contribution in [3.8, 4) is 17.2 Å². The van der Waals surface area contributed by atoms with Crippen molar-refractivity contribution in [1.82, 2.24) is 0 Å². The molecule has 162 valence electrons. The first-order valence-corrected chi connectivity index (χ1v) is 9.88. The molecule has 1 heterocycles. The molecule has 4 aromatic rings. The van der Waals surface area contributed by atoms with Crippen LogP contribution in [0.4, 0.5) is 5.69 Å². The van der Waals surface area contributed by atoms with Crippen LogP contribution in [0.5, 0.6) is 17.2 Å². The van der Waals surface area contributed by atoms with E-state index in [1.54, 1.807) is 44.6 Å². The molecule has 0 saturated carbocycles. The van der Waals surface area contributed by atoms with Crippen molar-refractivity contribution >= 4 is 22.6 Å². The molecular formula is C25H22N2O5. The molecule has 0 aliphatic heterocycles. The van der Waals surface area contributed by atoms with E-state index in [0.29, 0.717) is 40.5 Å². The van der Waals surface area contributed by atoms with Gasteiger partial charge in [-0.1, -0.05) is 30.3 Å². The Morgan fingerprint density at radius 2 is 1.62 bits per heavy atom.